The van der Waals surface area contributed by atoms with Crippen molar-refractivity contribution in [2.75, 3.05) is 38.8 Å². The summed E-state index contributed by atoms with van der Waals surface area (Å²) in [5.41, 5.74) is 1.41. The maximum atomic E-state index is 13.9. The van der Waals surface area contributed by atoms with E-state index in [1.165, 1.54) is 43.3 Å². The number of anilines is 1. The largest absolute Gasteiger partial charge is 0.496 e. The molecule has 0 bridgehead atoms. The van der Waals surface area contributed by atoms with Gasteiger partial charge in [0, 0.05) is 38.0 Å². The molecule has 0 amide bonds. The third-order valence-corrected chi connectivity index (χ3v) is 5.14. The number of hydrogen-bond donors (Lipinski definition) is 0. The molecule has 1 fully saturated rings. The minimum Gasteiger partial charge on any atom is -0.496 e. The van der Waals surface area contributed by atoms with Crippen LogP contribution in [0.3, 0.4) is 0 Å². The van der Waals surface area contributed by atoms with E-state index in [1.807, 2.05) is 4.90 Å². The van der Waals surface area contributed by atoms with Gasteiger partial charge in [0.05, 0.1) is 44.3 Å². The zero-order valence-electron chi connectivity index (χ0n) is 17.4. The van der Waals surface area contributed by atoms with Gasteiger partial charge >= 0.3 is 0 Å². The highest BCUT2D eigenvalue weighted by Crippen LogP contribution is 2.39. The van der Waals surface area contributed by atoms with Crippen molar-refractivity contribution >= 4 is 5.95 Å². The molecule has 3 aromatic rings. The van der Waals surface area contributed by atoms with E-state index >= 15 is 0 Å². The van der Waals surface area contributed by atoms with E-state index in [0.29, 0.717) is 54.1 Å². The molecule has 0 spiro atoms. The van der Waals surface area contributed by atoms with Crippen LogP contribution in [0, 0.1) is 5.82 Å². The van der Waals surface area contributed by atoms with E-state index in [0.717, 1.165) is 0 Å². The van der Waals surface area contributed by atoms with E-state index in [-0.39, 0.29) is 5.56 Å². The second-order valence-electron chi connectivity index (χ2n) is 6.96. The molecule has 2 aromatic heterocycles. The summed E-state index contributed by atoms with van der Waals surface area (Å²) < 4.78 is 32.1. The van der Waals surface area contributed by atoms with E-state index in [9.17, 15) is 9.18 Å². The highest BCUT2D eigenvalue weighted by molar-refractivity contribution is 5.55. The molecule has 1 saturated heterocycles. The summed E-state index contributed by atoms with van der Waals surface area (Å²) in [6.07, 6.45) is 2.53. The fourth-order valence-corrected chi connectivity index (χ4v) is 3.61. The first-order valence-corrected chi connectivity index (χ1v) is 9.64. The molecule has 0 N–H and O–H groups in total. The minimum absolute atomic E-state index is 0.210. The molecule has 0 unspecified atom stereocenters. The summed E-state index contributed by atoms with van der Waals surface area (Å²) in [5.74, 6) is 0.682. The third kappa shape index (κ3) is 4.06. The summed E-state index contributed by atoms with van der Waals surface area (Å²) >= 11 is 0. The average Bonchev–Trinajstić information content (AvgIpc) is 2.80. The Morgan fingerprint density at radius 3 is 2.55 bits per heavy atom. The predicted octanol–water partition coefficient (Wildman–Crippen LogP) is 1.97. The lowest BCUT2D eigenvalue weighted by Gasteiger charge is -2.35. The molecule has 10 heteroatoms. The molecule has 1 aromatic carbocycles. The first kappa shape index (κ1) is 20.7. The monoisotopic (exact) mass is 427 g/mol. The van der Waals surface area contributed by atoms with Gasteiger partial charge in [0.15, 0.2) is 0 Å². The van der Waals surface area contributed by atoms with Crippen LogP contribution >= 0.6 is 0 Å². The predicted molar refractivity (Wildman–Crippen MR) is 111 cm³/mol. The fourth-order valence-electron chi connectivity index (χ4n) is 3.61. The average molecular weight is 427 g/mol. The lowest BCUT2D eigenvalue weighted by Crippen LogP contribution is -2.42. The number of rotatable bonds is 5. The van der Waals surface area contributed by atoms with Crippen LogP contribution < -0.4 is 19.9 Å². The van der Waals surface area contributed by atoms with E-state index < -0.39 is 11.9 Å². The summed E-state index contributed by atoms with van der Waals surface area (Å²) in [5, 5.41) is 0. The van der Waals surface area contributed by atoms with Gasteiger partial charge in [-0.05, 0) is 6.07 Å². The maximum absolute atomic E-state index is 13.9. The van der Waals surface area contributed by atoms with Crippen molar-refractivity contribution < 1.29 is 18.6 Å². The lowest BCUT2D eigenvalue weighted by molar-refractivity contribution is 0.0358. The Labute approximate surface area is 178 Å². The van der Waals surface area contributed by atoms with Crippen LogP contribution in [0.2, 0.25) is 0 Å². The summed E-state index contributed by atoms with van der Waals surface area (Å²) in [4.78, 5) is 27.3. The summed E-state index contributed by atoms with van der Waals surface area (Å²) in [6, 6.07) is 5.73. The number of methoxy groups -OCH3 is 2. The number of hydrogen-bond acceptors (Lipinski definition) is 8. The Hall–Kier alpha value is -3.53. The first-order valence-electron chi connectivity index (χ1n) is 9.64. The first-order chi connectivity index (χ1) is 15.0. The fraction of sp³-hybridized carbons (Fsp3) is 0.333. The SMILES string of the molecule is COc1cc(F)cc(OC)c1[C@@H]1CN(c2nc(-c3ccncn3)cc(=O)n2C)CCO1. The standard InChI is InChI=1S/C21H22FN5O4/c1-26-19(28)10-15(14-4-5-23-12-24-14)25-21(26)27-6-7-31-18(11-27)20-16(29-2)8-13(22)9-17(20)30-3/h4-5,8-10,12,18H,6-7,11H2,1-3H3/t18-/m0/s1. The highest BCUT2D eigenvalue weighted by Gasteiger charge is 2.30. The molecule has 0 aliphatic carbocycles. The molecule has 4 rings (SSSR count). The molecule has 0 radical (unpaired) electrons. The second kappa shape index (κ2) is 8.68. The van der Waals surface area contributed by atoms with Gasteiger partial charge in [-0.1, -0.05) is 0 Å². The van der Waals surface area contributed by atoms with Gasteiger partial charge < -0.3 is 19.1 Å². The molecule has 1 atom stereocenters. The van der Waals surface area contributed by atoms with Crippen LogP contribution in [0.1, 0.15) is 11.7 Å². The molecular weight excluding hydrogens is 405 g/mol. The van der Waals surface area contributed by atoms with Gasteiger partial charge in [0.2, 0.25) is 5.95 Å². The normalized spacial score (nSPS) is 16.3. The van der Waals surface area contributed by atoms with Crippen molar-refractivity contribution in [3.63, 3.8) is 0 Å². The smallest absolute Gasteiger partial charge is 0.255 e. The van der Waals surface area contributed by atoms with Gasteiger partial charge in [-0.15, -0.1) is 0 Å². The number of halogens is 1. The molecular formula is C21H22FN5O4. The number of ether oxygens (including phenoxy) is 3. The molecule has 1 aliphatic rings. The van der Waals surface area contributed by atoms with Gasteiger partial charge in [0.1, 0.15) is 29.7 Å². The van der Waals surface area contributed by atoms with Gasteiger partial charge in [-0.2, -0.15) is 0 Å². The van der Waals surface area contributed by atoms with Gasteiger partial charge in [-0.3, -0.25) is 9.36 Å². The quantitative estimate of drug-likeness (QED) is 0.610. The third-order valence-electron chi connectivity index (χ3n) is 5.14. The highest BCUT2D eigenvalue weighted by atomic mass is 19.1. The van der Waals surface area contributed by atoms with Gasteiger partial charge in [-0.25, -0.2) is 19.3 Å². The van der Waals surface area contributed by atoms with Crippen LogP contribution in [-0.2, 0) is 11.8 Å². The molecule has 3 heterocycles. The molecule has 9 nitrogen and oxygen atoms in total. The zero-order valence-corrected chi connectivity index (χ0v) is 17.4. The Balaban J connectivity index is 1.72. The second-order valence-corrected chi connectivity index (χ2v) is 6.96. The maximum Gasteiger partial charge on any atom is 0.255 e. The zero-order chi connectivity index (χ0) is 22.0. The van der Waals surface area contributed by atoms with Crippen molar-refractivity contribution in [1.82, 2.24) is 19.5 Å². The number of nitrogens with zero attached hydrogens (tertiary/aromatic N) is 5. The Bertz CT molecular complexity index is 1110. The molecule has 1 aliphatic heterocycles. The molecule has 31 heavy (non-hydrogen) atoms. The molecule has 162 valence electrons. The number of morpholine rings is 1. The number of benzene rings is 1. The van der Waals surface area contributed by atoms with Crippen LogP contribution in [0.4, 0.5) is 10.3 Å². The van der Waals surface area contributed by atoms with Crippen LogP contribution in [0.15, 0.2) is 41.6 Å². The Morgan fingerprint density at radius 1 is 1.16 bits per heavy atom. The summed E-state index contributed by atoms with van der Waals surface area (Å²) in [7, 11) is 4.60. The Kier molecular flexibility index (Phi) is 5.81. The van der Waals surface area contributed by atoms with Crippen LogP contribution in [0.25, 0.3) is 11.4 Å². The summed E-state index contributed by atoms with van der Waals surface area (Å²) in [6.45, 7) is 1.27. The van der Waals surface area contributed by atoms with Crippen LogP contribution in [-0.4, -0.2) is 53.4 Å². The Morgan fingerprint density at radius 2 is 1.90 bits per heavy atom. The topological polar surface area (TPSA) is 91.6 Å². The van der Waals surface area contributed by atoms with Crippen molar-refractivity contribution in [3.8, 4) is 22.9 Å². The van der Waals surface area contributed by atoms with Crippen LogP contribution in [0.5, 0.6) is 11.5 Å². The van der Waals surface area contributed by atoms with Gasteiger partial charge in [0.25, 0.3) is 5.56 Å². The van der Waals surface area contributed by atoms with Crippen molar-refractivity contribution in [1.29, 1.82) is 0 Å². The van der Waals surface area contributed by atoms with Crippen molar-refractivity contribution in [2.45, 2.75) is 6.10 Å². The van der Waals surface area contributed by atoms with Crippen molar-refractivity contribution in [3.05, 3.63) is 58.5 Å². The minimum atomic E-state index is -0.473. The number of aromatic nitrogens is 4. The van der Waals surface area contributed by atoms with E-state index in [2.05, 4.69) is 15.0 Å². The molecule has 0 saturated carbocycles. The van der Waals surface area contributed by atoms with Crippen molar-refractivity contribution in [2.24, 2.45) is 7.05 Å². The lowest BCUT2D eigenvalue weighted by atomic mass is 10.0. The van der Waals surface area contributed by atoms with E-state index in [4.69, 9.17) is 14.2 Å². The van der Waals surface area contributed by atoms with E-state index in [1.54, 1.807) is 19.3 Å².